The minimum Gasteiger partial charge on any atom is -0.477 e. The molecule has 4 heterocycles. The highest BCUT2D eigenvalue weighted by molar-refractivity contribution is 9.10. The maximum atomic E-state index is 13.1. The predicted octanol–water partition coefficient (Wildman–Crippen LogP) is 2.48. The number of esters is 1. The molecule has 1 aromatic carbocycles. The molecule has 5 rings (SSSR count). The Bertz CT molecular complexity index is 1170. The van der Waals surface area contributed by atoms with Gasteiger partial charge in [-0.1, -0.05) is 46.3 Å². The molecular formula is C22H21BrN4O5S. The fraction of sp³-hybridized carbons (Fsp3) is 0.364. The quantitative estimate of drug-likeness (QED) is 0.343. The van der Waals surface area contributed by atoms with Crippen LogP contribution in [0, 0.1) is 0 Å². The Morgan fingerprint density at radius 1 is 1.33 bits per heavy atom. The van der Waals surface area contributed by atoms with Crippen molar-refractivity contribution < 1.29 is 24.2 Å². The number of β-lactam (4-membered cyclic amide) rings is 1. The van der Waals surface area contributed by atoms with Gasteiger partial charge in [0, 0.05) is 38.2 Å². The standard InChI is InChI=1S/C22H21BrN4O5S/c1-13(28)32-18(22(23)20(31)27-16(19(29)30)12-33-21(22)27)15-10-26-8-7-25(11-17(26)24-15)9-14-5-3-2-4-6-14/h2-6,10,12,18,21H,7-9,11H2,1H3,(H,29,30). The molecule has 9 nitrogen and oxygen atoms in total. The van der Waals surface area contributed by atoms with Crippen LogP contribution in [0.2, 0.25) is 0 Å². The first-order valence-electron chi connectivity index (χ1n) is 10.4. The third-order valence-corrected chi connectivity index (χ3v) is 8.70. The summed E-state index contributed by atoms with van der Waals surface area (Å²) in [5.41, 5.74) is 1.61. The first-order chi connectivity index (χ1) is 15.8. The summed E-state index contributed by atoms with van der Waals surface area (Å²) in [5.74, 6) is -1.36. The van der Waals surface area contributed by atoms with Gasteiger partial charge in [0.1, 0.15) is 22.6 Å². The molecule has 1 fully saturated rings. The number of benzene rings is 1. The fourth-order valence-corrected chi connectivity index (χ4v) is 6.72. The second-order valence-electron chi connectivity index (χ2n) is 8.20. The number of aliphatic carboxylic acids is 1. The SMILES string of the molecule is CC(=O)OC(c1cn2c(n1)CN(Cc1ccccc1)CC2)C1(Br)C(=O)N2C(C(=O)O)=CSC21. The van der Waals surface area contributed by atoms with Gasteiger partial charge in [-0.15, -0.1) is 11.8 Å². The van der Waals surface area contributed by atoms with Gasteiger partial charge in [0.2, 0.25) is 0 Å². The lowest BCUT2D eigenvalue weighted by Gasteiger charge is -2.51. The number of amides is 1. The Balaban J connectivity index is 1.40. The van der Waals surface area contributed by atoms with Crippen molar-refractivity contribution in [3.05, 3.63) is 64.7 Å². The number of carboxylic acids is 1. The average molecular weight is 533 g/mol. The molecule has 11 heteroatoms. The highest BCUT2D eigenvalue weighted by Gasteiger charge is 2.69. The lowest BCUT2D eigenvalue weighted by Crippen LogP contribution is -2.70. The number of hydrogen-bond acceptors (Lipinski definition) is 7. The van der Waals surface area contributed by atoms with Crippen LogP contribution in [0.5, 0.6) is 0 Å². The van der Waals surface area contributed by atoms with Gasteiger partial charge in [0.25, 0.3) is 5.91 Å². The molecular weight excluding hydrogens is 512 g/mol. The molecule has 0 radical (unpaired) electrons. The maximum Gasteiger partial charge on any atom is 0.353 e. The van der Waals surface area contributed by atoms with Gasteiger partial charge in [0.05, 0.1) is 6.54 Å². The van der Waals surface area contributed by atoms with Gasteiger partial charge in [-0.05, 0) is 5.56 Å². The van der Waals surface area contributed by atoms with Crippen LogP contribution in [0.4, 0.5) is 0 Å². The number of aromatic nitrogens is 2. The number of imidazole rings is 1. The second kappa shape index (κ2) is 8.30. The van der Waals surface area contributed by atoms with Crippen LogP contribution >= 0.6 is 27.7 Å². The van der Waals surface area contributed by atoms with Crippen molar-refractivity contribution >= 4 is 45.5 Å². The molecule has 1 amide bonds. The molecule has 2 aromatic rings. The molecule has 172 valence electrons. The number of rotatable bonds is 6. The number of carbonyl (C=O) groups excluding carboxylic acids is 2. The van der Waals surface area contributed by atoms with Crippen molar-refractivity contribution in [3.63, 3.8) is 0 Å². The molecule has 1 N–H and O–H groups in total. The molecule has 3 aliphatic rings. The van der Waals surface area contributed by atoms with Crippen molar-refractivity contribution in [2.75, 3.05) is 6.54 Å². The summed E-state index contributed by atoms with van der Waals surface area (Å²) in [6.07, 6.45) is 0.839. The van der Waals surface area contributed by atoms with Gasteiger partial charge in [-0.3, -0.25) is 19.4 Å². The molecule has 1 aromatic heterocycles. The molecule has 0 saturated carbocycles. The lowest BCUT2D eigenvalue weighted by atomic mass is 9.89. The topological polar surface area (TPSA) is 105 Å². The third kappa shape index (κ3) is 3.68. The minimum absolute atomic E-state index is 0.0765. The maximum absolute atomic E-state index is 13.1. The van der Waals surface area contributed by atoms with E-state index in [0.717, 1.165) is 25.5 Å². The molecule has 0 bridgehead atoms. The summed E-state index contributed by atoms with van der Waals surface area (Å²) in [6, 6.07) is 10.2. The van der Waals surface area contributed by atoms with Crippen LogP contribution in [-0.2, 0) is 38.8 Å². The number of thioether (sulfide) groups is 1. The molecule has 3 atom stereocenters. The average Bonchev–Trinajstić information content (AvgIpc) is 3.40. The first-order valence-corrected chi connectivity index (χ1v) is 12.1. The Hall–Kier alpha value is -2.63. The van der Waals surface area contributed by atoms with E-state index in [1.54, 1.807) is 0 Å². The van der Waals surface area contributed by atoms with Gasteiger partial charge in [0.15, 0.2) is 10.4 Å². The zero-order valence-corrected chi connectivity index (χ0v) is 20.1. The summed E-state index contributed by atoms with van der Waals surface area (Å²) in [5, 5.41) is 10.3. The predicted molar refractivity (Wildman–Crippen MR) is 123 cm³/mol. The van der Waals surface area contributed by atoms with Crippen molar-refractivity contribution in [2.45, 2.75) is 42.4 Å². The van der Waals surface area contributed by atoms with E-state index >= 15 is 0 Å². The van der Waals surface area contributed by atoms with E-state index in [-0.39, 0.29) is 5.70 Å². The lowest BCUT2D eigenvalue weighted by molar-refractivity contribution is -0.162. The summed E-state index contributed by atoms with van der Waals surface area (Å²) in [7, 11) is 0. The zero-order chi connectivity index (χ0) is 23.3. The van der Waals surface area contributed by atoms with Crippen molar-refractivity contribution in [3.8, 4) is 0 Å². The fourth-order valence-electron chi connectivity index (χ4n) is 4.45. The van der Waals surface area contributed by atoms with E-state index < -0.39 is 33.6 Å². The Kier molecular flexibility index (Phi) is 5.58. The van der Waals surface area contributed by atoms with Gasteiger partial charge < -0.3 is 14.4 Å². The molecule has 3 aliphatic heterocycles. The molecule has 1 saturated heterocycles. The second-order valence-corrected chi connectivity index (χ2v) is 10.5. The zero-order valence-electron chi connectivity index (χ0n) is 17.7. The Labute approximate surface area is 202 Å². The molecule has 33 heavy (non-hydrogen) atoms. The Morgan fingerprint density at radius 2 is 2.09 bits per heavy atom. The molecule has 0 aliphatic carbocycles. The monoisotopic (exact) mass is 532 g/mol. The van der Waals surface area contributed by atoms with E-state index in [1.807, 2.05) is 29.0 Å². The van der Waals surface area contributed by atoms with Gasteiger partial charge in [-0.2, -0.15) is 0 Å². The molecule has 0 spiro atoms. The first kappa shape index (κ1) is 22.2. The van der Waals surface area contributed by atoms with Crippen molar-refractivity contribution in [1.82, 2.24) is 19.4 Å². The van der Waals surface area contributed by atoms with E-state index in [0.29, 0.717) is 12.2 Å². The summed E-state index contributed by atoms with van der Waals surface area (Å²) >= 11 is 4.73. The normalized spacial score (nSPS) is 25.0. The van der Waals surface area contributed by atoms with Crippen molar-refractivity contribution in [2.24, 2.45) is 0 Å². The number of ether oxygens (including phenoxy) is 1. The van der Waals surface area contributed by atoms with Crippen LogP contribution in [0.3, 0.4) is 0 Å². The highest BCUT2D eigenvalue weighted by atomic mass is 79.9. The number of fused-ring (bicyclic) bond motifs is 2. The number of nitrogens with zero attached hydrogens (tertiary/aromatic N) is 4. The number of alkyl halides is 1. The van der Waals surface area contributed by atoms with E-state index in [2.05, 4.69) is 33.0 Å². The Morgan fingerprint density at radius 3 is 2.79 bits per heavy atom. The largest absolute Gasteiger partial charge is 0.477 e. The number of carbonyl (C=O) groups is 3. The number of hydrogen-bond donors (Lipinski definition) is 1. The van der Waals surface area contributed by atoms with Crippen LogP contribution in [0.1, 0.15) is 30.1 Å². The summed E-state index contributed by atoms with van der Waals surface area (Å²) in [6.45, 7) is 4.27. The van der Waals surface area contributed by atoms with Gasteiger partial charge >= 0.3 is 11.9 Å². The van der Waals surface area contributed by atoms with Crippen LogP contribution < -0.4 is 0 Å². The summed E-state index contributed by atoms with van der Waals surface area (Å²) < 4.78 is 6.33. The number of carboxylic acid groups (broad SMARTS) is 1. The smallest absolute Gasteiger partial charge is 0.353 e. The van der Waals surface area contributed by atoms with Crippen LogP contribution in [0.25, 0.3) is 0 Å². The summed E-state index contributed by atoms with van der Waals surface area (Å²) in [4.78, 5) is 44.8. The van der Waals surface area contributed by atoms with E-state index in [4.69, 9.17) is 9.72 Å². The van der Waals surface area contributed by atoms with Crippen LogP contribution in [-0.4, -0.2) is 58.5 Å². The van der Waals surface area contributed by atoms with E-state index in [9.17, 15) is 19.5 Å². The van der Waals surface area contributed by atoms with Crippen molar-refractivity contribution in [1.29, 1.82) is 0 Å². The molecule has 3 unspecified atom stereocenters. The van der Waals surface area contributed by atoms with E-state index in [1.165, 1.54) is 34.6 Å². The highest BCUT2D eigenvalue weighted by Crippen LogP contribution is 2.57. The third-order valence-electron chi connectivity index (χ3n) is 6.01. The number of halogens is 1. The van der Waals surface area contributed by atoms with Crippen LogP contribution in [0.15, 0.2) is 47.6 Å². The van der Waals surface area contributed by atoms with Gasteiger partial charge in [-0.25, -0.2) is 9.78 Å². The minimum atomic E-state index is -1.30.